The summed E-state index contributed by atoms with van der Waals surface area (Å²) in [5, 5.41) is 9.34. The highest BCUT2D eigenvalue weighted by Gasteiger charge is 2.19. The lowest BCUT2D eigenvalue weighted by molar-refractivity contribution is 0.0732. The molecule has 1 aliphatic rings. The summed E-state index contributed by atoms with van der Waals surface area (Å²) in [6.45, 7) is 4.63. The fourth-order valence-corrected chi connectivity index (χ4v) is 2.63. The Morgan fingerprint density at radius 1 is 1.45 bits per heavy atom. The molecule has 0 unspecified atom stereocenters. The number of amides is 1. The number of aliphatic hydroxyl groups excluding tert-OH is 1. The van der Waals surface area contributed by atoms with Gasteiger partial charge in [-0.2, -0.15) is 0 Å². The third-order valence-corrected chi connectivity index (χ3v) is 3.69. The number of aliphatic hydroxyl groups is 1. The summed E-state index contributed by atoms with van der Waals surface area (Å²) >= 11 is 6.04. The molecule has 0 spiro atoms. The largest absolute Gasteiger partial charge is 0.395 e. The number of carbonyl (C=O) groups is 1. The van der Waals surface area contributed by atoms with Crippen LogP contribution in [0.15, 0.2) is 12.1 Å². The molecule has 0 radical (unpaired) electrons. The first kappa shape index (κ1) is 15.1. The quantitative estimate of drug-likeness (QED) is 0.842. The fraction of sp³-hybridized carbons (Fsp3) is 0.571. The molecule has 1 fully saturated rings. The van der Waals surface area contributed by atoms with Crippen molar-refractivity contribution in [1.82, 2.24) is 9.88 Å². The lowest BCUT2D eigenvalue weighted by Gasteiger charge is -2.21. The SMILES string of the molecule is CCN(CCO)C(=O)c1cc(Cl)nc(N2CCCC2)c1. The van der Waals surface area contributed by atoms with Gasteiger partial charge in [0.25, 0.3) is 5.91 Å². The molecule has 20 heavy (non-hydrogen) atoms. The van der Waals surface area contributed by atoms with Crippen molar-refractivity contribution in [3.05, 3.63) is 22.8 Å². The van der Waals surface area contributed by atoms with Gasteiger partial charge in [0.1, 0.15) is 11.0 Å². The molecule has 2 heterocycles. The molecule has 1 N–H and O–H groups in total. The number of hydrogen-bond donors (Lipinski definition) is 1. The monoisotopic (exact) mass is 297 g/mol. The zero-order valence-corrected chi connectivity index (χ0v) is 12.4. The van der Waals surface area contributed by atoms with E-state index < -0.39 is 0 Å². The maximum absolute atomic E-state index is 12.4. The van der Waals surface area contributed by atoms with Gasteiger partial charge in [0.05, 0.1) is 6.61 Å². The third-order valence-electron chi connectivity index (χ3n) is 3.50. The number of carbonyl (C=O) groups excluding carboxylic acids is 1. The molecule has 6 heteroatoms. The standard InChI is InChI=1S/C14H20ClN3O2/c1-2-17(7-8-19)14(20)11-9-12(15)16-13(10-11)18-5-3-4-6-18/h9-10,19H,2-8H2,1H3. The molecule has 1 amide bonds. The fourth-order valence-electron chi connectivity index (χ4n) is 2.42. The number of halogens is 1. The van der Waals surface area contributed by atoms with Crippen molar-refractivity contribution < 1.29 is 9.90 Å². The highest BCUT2D eigenvalue weighted by atomic mass is 35.5. The summed E-state index contributed by atoms with van der Waals surface area (Å²) in [7, 11) is 0. The number of nitrogens with zero attached hydrogens (tertiary/aromatic N) is 3. The molecule has 1 aliphatic heterocycles. The van der Waals surface area contributed by atoms with Crippen molar-refractivity contribution >= 4 is 23.3 Å². The highest BCUT2D eigenvalue weighted by Crippen LogP contribution is 2.22. The van der Waals surface area contributed by atoms with Crippen LogP contribution in [0.2, 0.25) is 5.15 Å². The first-order chi connectivity index (χ1) is 9.65. The molecule has 1 saturated heterocycles. The molecule has 1 aromatic heterocycles. The first-order valence-electron chi connectivity index (χ1n) is 6.98. The Kier molecular flexibility index (Phi) is 5.20. The van der Waals surface area contributed by atoms with Crippen LogP contribution >= 0.6 is 11.6 Å². The van der Waals surface area contributed by atoms with Crippen LogP contribution in [0, 0.1) is 0 Å². The van der Waals surface area contributed by atoms with Crippen LogP contribution in [0.25, 0.3) is 0 Å². The minimum atomic E-state index is -0.119. The summed E-state index contributed by atoms with van der Waals surface area (Å²) in [5.41, 5.74) is 0.530. The second-order valence-corrected chi connectivity index (χ2v) is 5.23. The van der Waals surface area contributed by atoms with E-state index in [1.54, 1.807) is 17.0 Å². The van der Waals surface area contributed by atoms with Crippen molar-refractivity contribution in [1.29, 1.82) is 0 Å². The maximum Gasteiger partial charge on any atom is 0.254 e. The topological polar surface area (TPSA) is 56.7 Å². The molecule has 0 bridgehead atoms. The maximum atomic E-state index is 12.4. The van der Waals surface area contributed by atoms with Crippen LogP contribution < -0.4 is 4.90 Å². The molecular formula is C14H20ClN3O2. The third kappa shape index (κ3) is 3.41. The van der Waals surface area contributed by atoms with Crippen molar-refractivity contribution in [3.8, 4) is 0 Å². The normalized spacial score (nSPS) is 14.7. The van der Waals surface area contributed by atoms with Crippen LogP contribution in [0.3, 0.4) is 0 Å². The van der Waals surface area contributed by atoms with Gasteiger partial charge in [0.2, 0.25) is 0 Å². The molecule has 0 atom stereocenters. The highest BCUT2D eigenvalue weighted by molar-refractivity contribution is 6.29. The van der Waals surface area contributed by atoms with Crippen molar-refractivity contribution in [2.45, 2.75) is 19.8 Å². The number of anilines is 1. The smallest absolute Gasteiger partial charge is 0.254 e. The van der Waals surface area contributed by atoms with Crippen LogP contribution in [-0.4, -0.2) is 53.7 Å². The van der Waals surface area contributed by atoms with Crippen LogP contribution in [0.5, 0.6) is 0 Å². The average Bonchev–Trinajstić information content (AvgIpc) is 2.97. The molecule has 0 saturated carbocycles. The van der Waals surface area contributed by atoms with Gasteiger partial charge in [-0.15, -0.1) is 0 Å². The summed E-state index contributed by atoms with van der Waals surface area (Å²) in [5.74, 6) is 0.643. The summed E-state index contributed by atoms with van der Waals surface area (Å²) in [6.07, 6.45) is 2.28. The number of pyridine rings is 1. The van der Waals surface area contributed by atoms with E-state index in [-0.39, 0.29) is 12.5 Å². The van der Waals surface area contributed by atoms with Gasteiger partial charge in [-0.3, -0.25) is 4.79 Å². The van der Waals surface area contributed by atoms with E-state index >= 15 is 0 Å². The Morgan fingerprint density at radius 3 is 2.75 bits per heavy atom. The predicted octanol–water partition coefficient (Wildman–Crippen LogP) is 1.79. The Labute approximate surface area is 124 Å². The summed E-state index contributed by atoms with van der Waals surface area (Å²) in [4.78, 5) is 20.4. The van der Waals surface area contributed by atoms with E-state index in [0.717, 1.165) is 31.7 Å². The first-order valence-corrected chi connectivity index (χ1v) is 7.36. The second-order valence-electron chi connectivity index (χ2n) is 4.84. The molecule has 2 rings (SSSR count). The Hall–Kier alpha value is -1.33. The molecule has 1 aromatic rings. The summed E-state index contributed by atoms with van der Waals surface area (Å²) < 4.78 is 0. The van der Waals surface area contributed by atoms with E-state index in [1.165, 1.54) is 0 Å². The molecule has 0 aliphatic carbocycles. The van der Waals surface area contributed by atoms with Crippen LogP contribution in [-0.2, 0) is 0 Å². The number of rotatable bonds is 5. The number of aromatic nitrogens is 1. The molecule has 0 aromatic carbocycles. The Bertz CT molecular complexity index is 475. The van der Waals surface area contributed by atoms with E-state index in [1.807, 2.05) is 6.92 Å². The van der Waals surface area contributed by atoms with Gasteiger partial charge in [-0.05, 0) is 31.9 Å². The van der Waals surface area contributed by atoms with Gasteiger partial charge < -0.3 is 14.9 Å². The zero-order chi connectivity index (χ0) is 14.5. The number of hydrogen-bond acceptors (Lipinski definition) is 4. The van der Waals surface area contributed by atoms with Gasteiger partial charge in [-0.25, -0.2) is 4.98 Å². The van der Waals surface area contributed by atoms with Gasteiger partial charge >= 0.3 is 0 Å². The van der Waals surface area contributed by atoms with E-state index in [9.17, 15) is 4.79 Å². The van der Waals surface area contributed by atoms with Crippen molar-refractivity contribution in [2.24, 2.45) is 0 Å². The Morgan fingerprint density at radius 2 is 2.15 bits per heavy atom. The average molecular weight is 298 g/mol. The lowest BCUT2D eigenvalue weighted by Crippen LogP contribution is -2.33. The Balaban J connectivity index is 2.24. The lowest BCUT2D eigenvalue weighted by atomic mass is 10.2. The van der Waals surface area contributed by atoms with Crippen molar-refractivity contribution in [2.75, 3.05) is 37.7 Å². The predicted molar refractivity (Wildman–Crippen MR) is 79.4 cm³/mol. The molecule has 5 nitrogen and oxygen atoms in total. The zero-order valence-electron chi connectivity index (χ0n) is 11.7. The van der Waals surface area contributed by atoms with Gasteiger partial charge in [-0.1, -0.05) is 11.6 Å². The van der Waals surface area contributed by atoms with E-state index in [0.29, 0.717) is 23.8 Å². The second kappa shape index (κ2) is 6.90. The van der Waals surface area contributed by atoms with E-state index in [4.69, 9.17) is 16.7 Å². The molecule has 110 valence electrons. The van der Waals surface area contributed by atoms with Gasteiger partial charge in [0.15, 0.2) is 0 Å². The van der Waals surface area contributed by atoms with Crippen LogP contribution in [0.1, 0.15) is 30.1 Å². The minimum Gasteiger partial charge on any atom is -0.395 e. The minimum absolute atomic E-state index is 0.0443. The molecular weight excluding hydrogens is 278 g/mol. The van der Waals surface area contributed by atoms with E-state index in [2.05, 4.69) is 9.88 Å². The number of likely N-dealkylation sites (N-methyl/N-ethyl adjacent to an activating group) is 1. The van der Waals surface area contributed by atoms with Crippen LogP contribution in [0.4, 0.5) is 5.82 Å². The van der Waals surface area contributed by atoms with Gasteiger partial charge in [0, 0.05) is 31.7 Å². The van der Waals surface area contributed by atoms with Crippen molar-refractivity contribution in [3.63, 3.8) is 0 Å². The summed E-state index contributed by atoms with van der Waals surface area (Å²) in [6, 6.07) is 3.38.